The highest BCUT2D eigenvalue weighted by Gasteiger charge is 2.35. The summed E-state index contributed by atoms with van der Waals surface area (Å²) in [5.41, 5.74) is 0. The Bertz CT molecular complexity index is 1270. The summed E-state index contributed by atoms with van der Waals surface area (Å²) in [6.07, 6.45) is 13.9. The molecule has 0 spiro atoms. The van der Waals surface area contributed by atoms with Crippen LogP contribution in [-0.4, -0.2) is 124 Å². The lowest BCUT2D eigenvalue weighted by molar-refractivity contribution is -0.119. The zero-order valence-corrected chi connectivity index (χ0v) is 35.0. The fraction of sp³-hybridized carbons (Fsp3) is 0.897. The van der Waals surface area contributed by atoms with E-state index in [2.05, 4.69) is 88.3 Å². The van der Waals surface area contributed by atoms with Gasteiger partial charge in [0.1, 0.15) is 12.6 Å². The van der Waals surface area contributed by atoms with Gasteiger partial charge >= 0.3 is 12.1 Å². The highest BCUT2D eigenvalue weighted by Crippen LogP contribution is 2.31. The molecule has 0 aromatic carbocycles. The van der Waals surface area contributed by atoms with E-state index in [9.17, 15) is 19.2 Å². The van der Waals surface area contributed by atoms with E-state index < -0.39 is 0 Å². The van der Waals surface area contributed by atoms with Gasteiger partial charge in [-0.1, -0.05) is 0 Å². The molecule has 326 valence electrons. The van der Waals surface area contributed by atoms with E-state index in [1.54, 1.807) is 0 Å². The van der Waals surface area contributed by atoms with Crippen LogP contribution in [0.25, 0.3) is 0 Å². The number of piperidine rings is 2. The Hall–Kier alpha value is -2.84. The monoisotopic (exact) mass is 805 g/mol. The first-order valence-corrected chi connectivity index (χ1v) is 22.1. The van der Waals surface area contributed by atoms with Crippen molar-refractivity contribution in [1.82, 2.24) is 74.4 Å². The van der Waals surface area contributed by atoms with E-state index in [-0.39, 0.29) is 73.0 Å². The van der Waals surface area contributed by atoms with Crippen LogP contribution in [0.4, 0.5) is 9.59 Å². The summed E-state index contributed by atoms with van der Waals surface area (Å²) >= 11 is 0. The van der Waals surface area contributed by atoms with Crippen molar-refractivity contribution in [3.05, 3.63) is 0 Å². The average Bonchev–Trinajstić information content (AvgIpc) is 3.16. The molecule has 2 aliphatic carbocycles. The van der Waals surface area contributed by atoms with Crippen molar-refractivity contribution in [3.63, 3.8) is 0 Å². The van der Waals surface area contributed by atoms with Crippen LogP contribution in [0.3, 0.4) is 0 Å². The quantitative estimate of drug-likeness (QED) is 0.105. The van der Waals surface area contributed by atoms with Crippen LogP contribution in [0.2, 0.25) is 0 Å². The second-order valence-corrected chi connectivity index (χ2v) is 17.3. The lowest BCUT2D eigenvalue weighted by Gasteiger charge is -2.40. The normalized spacial score (nSPS) is 35.1. The Morgan fingerprint density at radius 3 is 1.49 bits per heavy atom. The van der Waals surface area contributed by atoms with Gasteiger partial charge in [-0.3, -0.25) is 30.9 Å². The van der Waals surface area contributed by atoms with Gasteiger partial charge in [0.15, 0.2) is 0 Å². The van der Waals surface area contributed by atoms with Gasteiger partial charge in [-0.25, -0.2) is 9.59 Å². The molecule has 2 saturated carbocycles. The first kappa shape index (κ1) is 45.2. The standard InChI is InChI=1S/C20H39N7O2.C19H37N7O2/c1-13-11-18(23-10-4-9-21-14(2)28)26-19(24-13)27-20(29)25-16-6-7-17-15(12-16)5-3-8-22-17;1-12-10-17(22-9-8-20-13(2)27)25-18(23-12)26-19(28)24-15-5-6-16-14(11-15)4-3-7-21-16/h13,15-19,22-24,26H,3-12H2,1-2H3,(H,21,28)(H2,25,27,29);12,14-18,21-23,25H,3-11H2,1-2H3,(H,20,27)(H2,24,26,28). The van der Waals surface area contributed by atoms with Crippen molar-refractivity contribution in [1.29, 1.82) is 0 Å². The van der Waals surface area contributed by atoms with Crippen LogP contribution in [0, 0.1) is 11.8 Å². The molecule has 6 fully saturated rings. The van der Waals surface area contributed by atoms with Crippen molar-refractivity contribution in [2.75, 3.05) is 39.3 Å². The Morgan fingerprint density at radius 2 is 1.00 bits per heavy atom. The highest BCUT2D eigenvalue weighted by molar-refractivity contribution is 5.75. The first-order valence-electron chi connectivity index (χ1n) is 22.1. The van der Waals surface area contributed by atoms with Crippen molar-refractivity contribution in [3.8, 4) is 0 Å². The minimum absolute atomic E-state index is 0.00197. The van der Waals surface area contributed by atoms with Crippen LogP contribution in [-0.2, 0) is 9.59 Å². The molecule has 18 heteroatoms. The largest absolute Gasteiger partial charge is 0.356 e. The maximum absolute atomic E-state index is 12.5. The van der Waals surface area contributed by atoms with Gasteiger partial charge in [-0.15, -0.1) is 0 Å². The maximum atomic E-state index is 12.5. The summed E-state index contributed by atoms with van der Waals surface area (Å²) in [4.78, 5) is 46.9. The molecule has 57 heavy (non-hydrogen) atoms. The molecule has 4 heterocycles. The number of carbonyl (C=O) groups excluding carboxylic acids is 4. The smallest absolute Gasteiger partial charge is 0.317 e. The third-order valence-corrected chi connectivity index (χ3v) is 12.3. The fourth-order valence-electron chi connectivity index (χ4n) is 9.60. The molecule has 6 rings (SSSR count). The number of fused-ring (bicyclic) bond motifs is 2. The second kappa shape index (κ2) is 23.7. The van der Waals surface area contributed by atoms with E-state index in [0.29, 0.717) is 43.6 Å². The van der Waals surface area contributed by atoms with Gasteiger partial charge in [-0.2, -0.15) is 0 Å². The van der Waals surface area contributed by atoms with Crippen molar-refractivity contribution in [2.24, 2.45) is 11.8 Å². The van der Waals surface area contributed by atoms with Gasteiger partial charge in [0.05, 0.1) is 12.3 Å². The molecule has 12 atom stereocenters. The Labute approximate surface area is 340 Å². The van der Waals surface area contributed by atoms with E-state index in [0.717, 1.165) is 77.4 Å². The van der Waals surface area contributed by atoms with Gasteiger partial charge in [-0.05, 0) is 129 Å². The molecule has 18 nitrogen and oxygen atoms in total. The number of rotatable bonds is 13. The van der Waals surface area contributed by atoms with E-state index in [1.165, 1.54) is 39.5 Å². The predicted octanol–water partition coefficient (Wildman–Crippen LogP) is -0.584. The first-order chi connectivity index (χ1) is 27.5. The number of amides is 6. The number of carbonyl (C=O) groups is 4. The molecule has 0 bridgehead atoms. The lowest BCUT2D eigenvalue weighted by atomic mass is 9.77. The minimum Gasteiger partial charge on any atom is -0.356 e. The SMILES string of the molecule is CC(=O)NCCCNC1CC(C)NC(NC(=O)NC2CCC3NCCCC3C2)N1.CC(=O)NCCNC1CC(C)NC(NC(=O)NC2CCC3NCCCC3C2)N1. The third kappa shape index (κ3) is 16.4. The Kier molecular flexibility index (Phi) is 18.8. The molecule has 4 saturated heterocycles. The zero-order chi connectivity index (χ0) is 40.6. The molecule has 6 aliphatic rings. The highest BCUT2D eigenvalue weighted by atomic mass is 16.2. The Morgan fingerprint density at radius 1 is 0.526 bits per heavy atom. The summed E-state index contributed by atoms with van der Waals surface area (Å²) in [6, 6.07) is 2.14. The molecular weight excluding hydrogens is 729 g/mol. The summed E-state index contributed by atoms with van der Waals surface area (Å²) in [6.45, 7) is 12.3. The van der Waals surface area contributed by atoms with Crippen LogP contribution >= 0.6 is 0 Å². The zero-order valence-electron chi connectivity index (χ0n) is 35.0. The molecule has 0 aromatic rings. The number of nitrogens with one attached hydrogen (secondary N) is 14. The van der Waals surface area contributed by atoms with E-state index in [1.807, 2.05) is 0 Å². The van der Waals surface area contributed by atoms with Crippen LogP contribution < -0.4 is 74.4 Å². The molecule has 0 radical (unpaired) electrons. The molecule has 0 aromatic heterocycles. The van der Waals surface area contributed by atoms with E-state index in [4.69, 9.17) is 0 Å². The summed E-state index contributed by atoms with van der Waals surface area (Å²) in [5, 5.41) is 45.6. The van der Waals surface area contributed by atoms with Crippen LogP contribution in [0.1, 0.15) is 111 Å². The van der Waals surface area contributed by atoms with Crippen LogP contribution in [0.15, 0.2) is 0 Å². The van der Waals surface area contributed by atoms with Gasteiger partial charge in [0, 0.05) is 69.7 Å². The predicted molar refractivity (Wildman–Crippen MR) is 221 cm³/mol. The molecule has 14 N–H and O–H groups in total. The van der Waals surface area contributed by atoms with Gasteiger partial charge in [0.2, 0.25) is 11.8 Å². The maximum Gasteiger partial charge on any atom is 0.317 e. The van der Waals surface area contributed by atoms with Gasteiger partial charge in [0.25, 0.3) is 0 Å². The van der Waals surface area contributed by atoms with Crippen molar-refractivity contribution < 1.29 is 19.2 Å². The topological polar surface area (TPSA) is 237 Å². The van der Waals surface area contributed by atoms with E-state index >= 15 is 0 Å². The van der Waals surface area contributed by atoms with Crippen LogP contribution in [0.5, 0.6) is 0 Å². The number of hydrogen-bond acceptors (Lipinski definition) is 12. The third-order valence-electron chi connectivity index (χ3n) is 12.3. The second-order valence-electron chi connectivity index (χ2n) is 17.3. The summed E-state index contributed by atoms with van der Waals surface area (Å²) < 4.78 is 0. The average molecular weight is 805 g/mol. The Balaban J connectivity index is 0.000000218. The minimum atomic E-state index is -0.283. The molecule has 4 aliphatic heterocycles. The lowest BCUT2D eigenvalue weighted by Crippen LogP contribution is -2.68. The van der Waals surface area contributed by atoms with Crippen molar-refractivity contribution in [2.45, 2.75) is 172 Å². The van der Waals surface area contributed by atoms with Crippen molar-refractivity contribution >= 4 is 23.9 Å². The number of hydrogen-bond donors (Lipinski definition) is 14. The van der Waals surface area contributed by atoms with Gasteiger partial charge < -0.3 is 53.2 Å². The molecule has 6 amide bonds. The molecular formula is C39H76N14O4. The molecule has 12 unspecified atom stereocenters. The number of urea groups is 2. The fourth-order valence-corrected chi connectivity index (χ4v) is 9.60. The summed E-state index contributed by atoms with van der Waals surface area (Å²) in [7, 11) is 0. The summed E-state index contributed by atoms with van der Waals surface area (Å²) in [5.74, 6) is 1.36.